The van der Waals surface area contributed by atoms with Gasteiger partial charge >= 0.3 is 0 Å². The van der Waals surface area contributed by atoms with Crippen LogP contribution in [-0.4, -0.2) is 43.3 Å². The summed E-state index contributed by atoms with van der Waals surface area (Å²) in [6.45, 7) is 9.43. The lowest BCUT2D eigenvalue weighted by atomic mass is 9.91. The molecule has 2 N–H and O–H groups in total. The quantitative estimate of drug-likeness (QED) is 0.744. The van der Waals surface area contributed by atoms with Crippen LogP contribution in [0, 0.1) is 5.92 Å². The molecule has 1 fully saturated rings. The normalized spacial score (nSPS) is 29.5. The molecule has 1 rings (SSSR count). The fraction of sp³-hybridized carbons (Fsp3) is 1.00. The third kappa shape index (κ3) is 3.43. The average molecular weight is 242 g/mol. The Morgan fingerprint density at radius 3 is 2.59 bits per heavy atom. The Hall–Kier alpha value is -0.120. The fourth-order valence-corrected chi connectivity index (χ4v) is 3.36. The molecule has 2 atom stereocenters. The average Bonchev–Trinajstić information content (AvgIpc) is 2.74. The Labute approximate surface area is 107 Å². The summed E-state index contributed by atoms with van der Waals surface area (Å²) >= 11 is 0. The van der Waals surface area contributed by atoms with Gasteiger partial charge in [0.05, 0.1) is 6.61 Å². The van der Waals surface area contributed by atoms with Crippen molar-refractivity contribution in [2.24, 2.45) is 11.7 Å². The van der Waals surface area contributed by atoms with E-state index < -0.39 is 0 Å². The van der Waals surface area contributed by atoms with Gasteiger partial charge in [-0.25, -0.2) is 0 Å². The van der Waals surface area contributed by atoms with Gasteiger partial charge in [0.25, 0.3) is 0 Å². The molecule has 0 aromatic carbocycles. The van der Waals surface area contributed by atoms with Gasteiger partial charge in [-0.15, -0.1) is 0 Å². The number of rotatable bonds is 7. The van der Waals surface area contributed by atoms with E-state index in [2.05, 4.69) is 25.7 Å². The topological polar surface area (TPSA) is 38.5 Å². The number of hydrogen-bond donors (Lipinski definition) is 1. The van der Waals surface area contributed by atoms with Crippen molar-refractivity contribution >= 4 is 0 Å². The van der Waals surface area contributed by atoms with E-state index in [1.54, 1.807) is 7.11 Å². The largest absolute Gasteiger partial charge is 0.383 e. The predicted octanol–water partition coefficient (Wildman–Crippen LogP) is 2.25. The maximum absolute atomic E-state index is 6.11. The lowest BCUT2D eigenvalue weighted by Crippen LogP contribution is -2.56. The summed E-state index contributed by atoms with van der Waals surface area (Å²) in [4.78, 5) is 2.58. The van der Waals surface area contributed by atoms with Crippen molar-refractivity contribution < 1.29 is 4.74 Å². The highest BCUT2D eigenvalue weighted by molar-refractivity contribution is 4.99. The minimum absolute atomic E-state index is 0.230. The second kappa shape index (κ2) is 6.72. The van der Waals surface area contributed by atoms with Gasteiger partial charge in [-0.2, -0.15) is 0 Å². The van der Waals surface area contributed by atoms with Crippen LogP contribution in [0.25, 0.3) is 0 Å². The molecule has 1 aliphatic rings. The molecule has 1 saturated carbocycles. The smallest absolute Gasteiger partial charge is 0.0590 e. The van der Waals surface area contributed by atoms with E-state index in [4.69, 9.17) is 10.5 Å². The molecular formula is C14H30N2O. The van der Waals surface area contributed by atoms with E-state index in [9.17, 15) is 0 Å². The number of ether oxygens (including phenoxy) is 1. The first-order valence-electron chi connectivity index (χ1n) is 7.05. The number of nitrogens with two attached hydrogens (primary N) is 1. The summed E-state index contributed by atoms with van der Waals surface area (Å²) in [5, 5.41) is 0. The van der Waals surface area contributed by atoms with Gasteiger partial charge in [-0.05, 0) is 39.0 Å². The van der Waals surface area contributed by atoms with Crippen molar-refractivity contribution in [2.45, 2.75) is 58.0 Å². The molecule has 2 unspecified atom stereocenters. The first-order valence-corrected chi connectivity index (χ1v) is 7.05. The molecule has 0 saturated heterocycles. The van der Waals surface area contributed by atoms with Crippen LogP contribution in [0.4, 0.5) is 0 Å². The van der Waals surface area contributed by atoms with E-state index in [0.717, 1.165) is 25.6 Å². The molecule has 0 aromatic heterocycles. The van der Waals surface area contributed by atoms with Crippen molar-refractivity contribution in [2.75, 3.05) is 26.8 Å². The summed E-state index contributed by atoms with van der Waals surface area (Å²) in [5.74, 6) is 0.863. The summed E-state index contributed by atoms with van der Waals surface area (Å²) in [5.41, 5.74) is 6.34. The second-order valence-corrected chi connectivity index (χ2v) is 5.73. The monoisotopic (exact) mass is 242 g/mol. The van der Waals surface area contributed by atoms with Gasteiger partial charge in [0.1, 0.15) is 0 Å². The zero-order chi connectivity index (χ0) is 12.9. The minimum Gasteiger partial charge on any atom is -0.383 e. The highest BCUT2D eigenvalue weighted by Crippen LogP contribution is 2.40. The molecule has 0 bridgehead atoms. The van der Waals surface area contributed by atoms with Gasteiger partial charge < -0.3 is 10.5 Å². The van der Waals surface area contributed by atoms with E-state index in [1.807, 2.05) is 0 Å². The lowest BCUT2D eigenvalue weighted by molar-refractivity contribution is 0.0352. The Morgan fingerprint density at radius 2 is 2.18 bits per heavy atom. The van der Waals surface area contributed by atoms with Gasteiger partial charge in [-0.1, -0.05) is 13.3 Å². The standard InChI is InChI=1S/C14H30N2O/c1-5-13-6-7-14(10-13,11-15)16(12(2)3)8-9-17-4/h12-13H,5-11,15H2,1-4H3. The van der Waals surface area contributed by atoms with Gasteiger partial charge in [-0.3, -0.25) is 4.90 Å². The molecule has 1 aliphatic carbocycles. The summed E-state index contributed by atoms with van der Waals surface area (Å²) in [6, 6.07) is 0.546. The molecule has 0 aromatic rings. The van der Waals surface area contributed by atoms with Crippen LogP contribution >= 0.6 is 0 Å². The molecule has 0 spiro atoms. The molecule has 17 heavy (non-hydrogen) atoms. The second-order valence-electron chi connectivity index (χ2n) is 5.73. The SMILES string of the molecule is CCC1CCC(CN)(N(CCOC)C(C)C)C1. The predicted molar refractivity (Wildman–Crippen MR) is 73.1 cm³/mol. The van der Waals surface area contributed by atoms with E-state index in [-0.39, 0.29) is 5.54 Å². The summed E-state index contributed by atoms with van der Waals surface area (Å²) in [6.07, 6.45) is 5.15. The van der Waals surface area contributed by atoms with E-state index in [0.29, 0.717) is 6.04 Å². The third-order valence-corrected chi connectivity index (χ3v) is 4.41. The maximum atomic E-state index is 6.11. The van der Waals surface area contributed by atoms with Crippen LogP contribution in [0.5, 0.6) is 0 Å². The summed E-state index contributed by atoms with van der Waals surface area (Å²) < 4.78 is 5.24. The van der Waals surface area contributed by atoms with Gasteiger partial charge in [0.15, 0.2) is 0 Å². The van der Waals surface area contributed by atoms with Crippen LogP contribution in [0.2, 0.25) is 0 Å². The van der Waals surface area contributed by atoms with Crippen LogP contribution < -0.4 is 5.73 Å². The fourth-order valence-electron chi connectivity index (χ4n) is 3.36. The number of methoxy groups -OCH3 is 1. The van der Waals surface area contributed by atoms with Crippen LogP contribution in [0.1, 0.15) is 46.5 Å². The molecule has 0 amide bonds. The van der Waals surface area contributed by atoms with Crippen LogP contribution in [-0.2, 0) is 4.74 Å². The van der Waals surface area contributed by atoms with Crippen molar-refractivity contribution in [3.05, 3.63) is 0 Å². The van der Waals surface area contributed by atoms with E-state index in [1.165, 1.54) is 25.7 Å². The molecule has 0 aliphatic heterocycles. The Balaban J connectivity index is 2.74. The number of hydrogen-bond acceptors (Lipinski definition) is 3. The first kappa shape index (κ1) is 14.9. The Bertz CT molecular complexity index is 220. The Kier molecular flexibility index (Phi) is 5.90. The van der Waals surface area contributed by atoms with Crippen molar-refractivity contribution in [1.29, 1.82) is 0 Å². The van der Waals surface area contributed by atoms with Crippen molar-refractivity contribution in [1.82, 2.24) is 4.90 Å². The lowest BCUT2D eigenvalue weighted by Gasteiger charge is -2.43. The molecule has 3 nitrogen and oxygen atoms in total. The van der Waals surface area contributed by atoms with Crippen LogP contribution in [0.3, 0.4) is 0 Å². The zero-order valence-electron chi connectivity index (χ0n) is 12.0. The van der Waals surface area contributed by atoms with Gasteiger partial charge in [0, 0.05) is 31.8 Å². The minimum atomic E-state index is 0.230. The highest BCUT2D eigenvalue weighted by Gasteiger charge is 2.42. The molecule has 102 valence electrons. The van der Waals surface area contributed by atoms with Crippen molar-refractivity contribution in [3.8, 4) is 0 Å². The molecule has 0 heterocycles. The van der Waals surface area contributed by atoms with Crippen LogP contribution in [0.15, 0.2) is 0 Å². The molecular weight excluding hydrogens is 212 g/mol. The van der Waals surface area contributed by atoms with E-state index >= 15 is 0 Å². The maximum Gasteiger partial charge on any atom is 0.0590 e. The first-order chi connectivity index (χ1) is 8.09. The highest BCUT2D eigenvalue weighted by atomic mass is 16.5. The Morgan fingerprint density at radius 1 is 1.47 bits per heavy atom. The van der Waals surface area contributed by atoms with Gasteiger partial charge in [0.2, 0.25) is 0 Å². The third-order valence-electron chi connectivity index (χ3n) is 4.41. The molecule has 3 heteroatoms. The van der Waals surface area contributed by atoms with Crippen molar-refractivity contribution in [3.63, 3.8) is 0 Å². The molecule has 0 radical (unpaired) electrons. The number of nitrogens with zero attached hydrogens (tertiary/aromatic N) is 1. The summed E-state index contributed by atoms with van der Waals surface area (Å²) in [7, 11) is 1.77. The zero-order valence-corrected chi connectivity index (χ0v) is 12.0.